The minimum atomic E-state index is -0.227. The molecule has 2 rings (SSSR count). The van der Waals surface area contributed by atoms with Crippen LogP contribution in [0.3, 0.4) is 0 Å². The van der Waals surface area contributed by atoms with Gasteiger partial charge in [0.05, 0.1) is 11.8 Å². The van der Waals surface area contributed by atoms with Gasteiger partial charge in [-0.2, -0.15) is 4.37 Å². The first kappa shape index (κ1) is 10.1. The lowest BCUT2D eigenvalue weighted by Crippen LogP contribution is -2.25. The van der Waals surface area contributed by atoms with Crippen LogP contribution in [0.15, 0.2) is 24.3 Å². The molecule has 1 heterocycles. The van der Waals surface area contributed by atoms with Crippen LogP contribution in [0, 0.1) is 0 Å². The standard InChI is InChI=1S/C10H10N2O2S/c1-12(14-2)10(13)9-7-5-3-4-6-8(7)15-11-9/h3-6H,1-2H3. The lowest BCUT2D eigenvalue weighted by Gasteiger charge is -2.11. The molecule has 2 aromatic rings. The number of nitrogens with zero attached hydrogens (tertiary/aromatic N) is 2. The van der Waals surface area contributed by atoms with E-state index < -0.39 is 0 Å². The van der Waals surface area contributed by atoms with Gasteiger partial charge in [0.25, 0.3) is 5.91 Å². The van der Waals surface area contributed by atoms with Crippen molar-refractivity contribution in [1.82, 2.24) is 9.44 Å². The van der Waals surface area contributed by atoms with Crippen molar-refractivity contribution in [2.24, 2.45) is 0 Å². The van der Waals surface area contributed by atoms with Gasteiger partial charge < -0.3 is 0 Å². The fourth-order valence-corrected chi connectivity index (χ4v) is 2.04. The zero-order chi connectivity index (χ0) is 10.8. The number of rotatable bonds is 2. The van der Waals surface area contributed by atoms with E-state index in [4.69, 9.17) is 4.84 Å². The molecule has 0 fully saturated rings. The van der Waals surface area contributed by atoms with Gasteiger partial charge >= 0.3 is 0 Å². The number of aromatic nitrogens is 1. The molecule has 5 heteroatoms. The molecule has 4 nitrogen and oxygen atoms in total. The van der Waals surface area contributed by atoms with Crippen molar-refractivity contribution < 1.29 is 9.63 Å². The zero-order valence-electron chi connectivity index (χ0n) is 8.43. The van der Waals surface area contributed by atoms with Crippen LogP contribution in [-0.4, -0.2) is 29.5 Å². The number of fused-ring (bicyclic) bond motifs is 1. The van der Waals surface area contributed by atoms with Gasteiger partial charge in [-0.05, 0) is 17.6 Å². The summed E-state index contributed by atoms with van der Waals surface area (Å²) in [6.45, 7) is 0. The molecule has 0 spiro atoms. The first-order valence-electron chi connectivity index (χ1n) is 4.40. The number of hydroxylamine groups is 2. The Labute approximate surface area is 91.2 Å². The molecular weight excluding hydrogens is 212 g/mol. The van der Waals surface area contributed by atoms with E-state index in [9.17, 15) is 4.79 Å². The van der Waals surface area contributed by atoms with Gasteiger partial charge in [0.15, 0.2) is 5.69 Å². The topological polar surface area (TPSA) is 42.4 Å². The second-order valence-corrected chi connectivity index (χ2v) is 3.82. The highest BCUT2D eigenvalue weighted by Gasteiger charge is 2.17. The van der Waals surface area contributed by atoms with Gasteiger partial charge in [-0.1, -0.05) is 18.2 Å². The summed E-state index contributed by atoms with van der Waals surface area (Å²) >= 11 is 1.32. The van der Waals surface area contributed by atoms with Gasteiger partial charge in [-0.3, -0.25) is 9.63 Å². The molecule has 78 valence electrons. The molecule has 1 aromatic heterocycles. The Kier molecular flexibility index (Phi) is 2.66. The fraction of sp³-hybridized carbons (Fsp3) is 0.200. The summed E-state index contributed by atoms with van der Waals surface area (Å²) in [5.74, 6) is -0.227. The van der Waals surface area contributed by atoms with Gasteiger partial charge in [0.1, 0.15) is 0 Å². The quantitative estimate of drug-likeness (QED) is 0.729. The van der Waals surface area contributed by atoms with E-state index in [1.165, 1.54) is 23.7 Å². The van der Waals surface area contributed by atoms with Crippen LogP contribution in [0.5, 0.6) is 0 Å². The van der Waals surface area contributed by atoms with E-state index in [1.54, 1.807) is 7.05 Å². The minimum absolute atomic E-state index is 0.227. The molecule has 0 atom stereocenters. The molecule has 0 aliphatic carbocycles. The maximum absolute atomic E-state index is 11.8. The Morgan fingerprint density at radius 1 is 1.47 bits per heavy atom. The summed E-state index contributed by atoms with van der Waals surface area (Å²) in [4.78, 5) is 16.6. The third-order valence-corrected chi connectivity index (χ3v) is 2.97. The summed E-state index contributed by atoms with van der Waals surface area (Å²) in [5.41, 5.74) is 0.444. The second kappa shape index (κ2) is 3.96. The van der Waals surface area contributed by atoms with Crippen LogP contribution in [0.4, 0.5) is 0 Å². The minimum Gasteiger partial charge on any atom is -0.274 e. The second-order valence-electron chi connectivity index (χ2n) is 3.01. The van der Waals surface area contributed by atoms with E-state index in [-0.39, 0.29) is 5.91 Å². The Morgan fingerprint density at radius 3 is 2.93 bits per heavy atom. The van der Waals surface area contributed by atoms with Gasteiger partial charge in [0.2, 0.25) is 0 Å². The van der Waals surface area contributed by atoms with Crippen LogP contribution in [0.25, 0.3) is 10.1 Å². The highest BCUT2D eigenvalue weighted by Crippen LogP contribution is 2.22. The summed E-state index contributed by atoms with van der Waals surface area (Å²) < 4.78 is 5.14. The molecule has 1 amide bonds. The number of carbonyl (C=O) groups is 1. The summed E-state index contributed by atoms with van der Waals surface area (Å²) in [5, 5.41) is 2.04. The lowest BCUT2D eigenvalue weighted by atomic mass is 10.2. The first-order chi connectivity index (χ1) is 7.24. The van der Waals surface area contributed by atoms with Crippen molar-refractivity contribution >= 4 is 27.5 Å². The Bertz CT molecular complexity index is 495. The van der Waals surface area contributed by atoms with E-state index in [0.29, 0.717) is 5.69 Å². The monoisotopic (exact) mass is 222 g/mol. The van der Waals surface area contributed by atoms with Crippen LogP contribution in [0.1, 0.15) is 10.5 Å². The molecule has 1 aromatic carbocycles. The zero-order valence-corrected chi connectivity index (χ0v) is 9.25. The maximum Gasteiger partial charge on any atom is 0.297 e. The van der Waals surface area contributed by atoms with Crippen LogP contribution >= 0.6 is 11.5 Å². The molecule has 0 radical (unpaired) electrons. The van der Waals surface area contributed by atoms with Gasteiger partial charge in [0, 0.05) is 12.4 Å². The molecule has 0 saturated carbocycles. The summed E-state index contributed by atoms with van der Waals surface area (Å²) in [6.07, 6.45) is 0. The lowest BCUT2D eigenvalue weighted by molar-refractivity contribution is -0.0758. The van der Waals surface area contributed by atoms with E-state index in [1.807, 2.05) is 24.3 Å². The van der Waals surface area contributed by atoms with Gasteiger partial charge in [-0.25, -0.2) is 5.06 Å². The predicted octanol–water partition coefficient (Wildman–Crippen LogP) is 1.93. The Hall–Kier alpha value is -1.46. The highest BCUT2D eigenvalue weighted by molar-refractivity contribution is 7.13. The Morgan fingerprint density at radius 2 is 2.20 bits per heavy atom. The average molecular weight is 222 g/mol. The normalized spacial score (nSPS) is 10.5. The average Bonchev–Trinajstić information content (AvgIpc) is 2.70. The molecule has 15 heavy (non-hydrogen) atoms. The Balaban J connectivity index is 2.48. The number of hydrogen-bond donors (Lipinski definition) is 0. The van der Waals surface area contributed by atoms with E-state index in [0.717, 1.165) is 10.1 Å². The highest BCUT2D eigenvalue weighted by atomic mass is 32.1. The smallest absolute Gasteiger partial charge is 0.274 e. The predicted molar refractivity (Wildman–Crippen MR) is 58.7 cm³/mol. The van der Waals surface area contributed by atoms with Gasteiger partial charge in [-0.15, -0.1) is 0 Å². The summed E-state index contributed by atoms with van der Waals surface area (Å²) in [7, 11) is 3.02. The fourth-order valence-electron chi connectivity index (χ4n) is 1.27. The van der Waals surface area contributed by atoms with E-state index >= 15 is 0 Å². The molecule has 0 N–H and O–H groups in total. The molecule has 0 aliphatic heterocycles. The maximum atomic E-state index is 11.8. The molecule has 0 saturated heterocycles. The molecule has 0 aliphatic rings. The van der Waals surface area contributed by atoms with Crippen molar-refractivity contribution in [2.75, 3.05) is 14.2 Å². The SMILES string of the molecule is CON(C)C(=O)c1nsc2ccccc12. The van der Waals surface area contributed by atoms with Crippen LogP contribution in [0.2, 0.25) is 0 Å². The number of hydrogen-bond acceptors (Lipinski definition) is 4. The van der Waals surface area contributed by atoms with Crippen molar-refractivity contribution in [3.8, 4) is 0 Å². The number of benzene rings is 1. The third kappa shape index (κ3) is 1.71. The molecule has 0 unspecified atom stereocenters. The largest absolute Gasteiger partial charge is 0.297 e. The molecular formula is C10H10N2O2S. The number of amides is 1. The number of carbonyl (C=O) groups excluding carboxylic acids is 1. The first-order valence-corrected chi connectivity index (χ1v) is 5.18. The third-order valence-electron chi connectivity index (χ3n) is 2.14. The van der Waals surface area contributed by atoms with Crippen molar-refractivity contribution in [2.45, 2.75) is 0 Å². The van der Waals surface area contributed by atoms with Crippen LogP contribution < -0.4 is 0 Å². The molecule has 0 bridgehead atoms. The van der Waals surface area contributed by atoms with E-state index in [2.05, 4.69) is 4.37 Å². The van der Waals surface area contributed by atoms with Crippen LogP contribution in [-0.2, 0) is 4.84 Å². The van der Waals surface area contributed by atoms with Crippen molar-refractivity contribution in [3.05, 3.63) is 30.0 Å². The summed E-state index contributed by atoms with van der Waals surface area (Å²) in [6, 6.07) is 7.64. The van der Waals surface area contributed by atoms with Crippen molar-refractivity contribution in [3.63, 3.8) is 0 Å². The van der Waals surface area contributed by atoms with Crippen molar-refractivity contribution in [1.29, 1.82) is 0 Å².